The number of aromatic nitrogens is 1. The van der Waals surface area contributed by atoms with Gasteiger partial charge in [-0.05, 0) is 23.8 Å². The van der Waals surface area contributed by atoms with E-state index >= 15 is 0 Å². The maximum Gasteiger partial charge on any atom is 0.258 e. The van der Waals surface area contributed by atoms with Gasteiger partial charge in [-0.15, -0.1) is 0 Å². The van der Waals surface area contributed by atoms with Crippen LogP contribution in [0.2, 0.25) is 0 Å². The van der Waals surface area contributed by atoms with Gasteiger partial charge in [0.2, 0.25) is 0 Å². The van der Waals surface area contributed by atoms with Crippen molar-refractivity contribution < 1.29 is 9.53 Å². The maximum absolute atomic E-state index is 13.0. The fourth-order valence-electron chi connectivity index (χ4n) is 2.79. The molecule has 1 fully saturated rings. The van der Waals surface area contributed by atoms with E-state index in [1.807, 2.05) is 47.5 Å². The van der Waals surface area contributed by atoms with Crippen LogP contribution < -0.4 is 10.1 Å². The molecule has 0 bridgehead atoms. The summed E-state index contributed by atoms with van der Waals surface area (Å²) in [5.74, 6) is 0.601. The van der Waals surface area contributed by atoms with Crippen LogP contribution in [0, 0.1) is 0 Å². The van der Waals surface area contributed by atoms with E-state index in [9.17, 15) is 4.79 Å². The number of carbonyl (C=O) groups excluding carboxylic acids is 1. The summed E-state index contributed by atoms with van der Waals surface area (Å²) >= 11 is 0. The molecule has 0 saturated carbocycles. The second-order valence-corrected chi connectivity index (χ2v) is 5.21. The van der Waals surface area contributed by atoms with Crippen LogP contribution in [0.4, 0.5) is 0 Å². The van der Waals surface area contributed by atoms with Crippen LogP contribution in [-0.2, 0) is 0 Å². The minimum Gasteiger partial charge on any atom is -0.496 e. The molecule has 2 heterocycles. The van der Waals surface area contributed by atoms with E-state index in [-0.39, 0.29) is 11.9 Å². The second-order valence-electron chi connectivity index (χ2n) is 5.21. The molecule has 1 aliphatic heterocycles. The number of piperazine rings is 1. The zero-order valence-corrected chi connectivity index (χ0v) is 12.5. The summed E-state index contributed by atoms with van der Waals surface area (Å²) in [5.41, 5.74) is 1.64. The fraction of sp³-hybridized carbons (Fsp3) is 0.294. The van der Waals surface area contributed by atoms with E-state index in [4.69, 9.17) is 4.74 Å². The Morgan fingerprint density at radius 3 is 2.95 bits per heavy atom. The summed E-state index contributed by atoms with van der Waals surface area (Å²) in [6, 6.07) is 11.2. The first kappa shape index (κ1) is 14.5. The van der Waals surface area contributed by atoms with E-state index in [2.05, 4.69) is 10.3 Å². The summed E-state index contributed by atoms with van der Waals surface area (Å²) in [7, 11) is 1.59. The average Bonchev–Trinajstić information content (AvgIpc) is 2.62. The lowest BCUT2D eigenvalue weighted by atomic mass is 10.0. The SMILES string of the molecule is COc1ccccc1C(=O)N1CCNCC1c1cccnc1. The van der Waals surface area contributed by atoms with Gasteiger partial charge in [-0.2, -0.15) is 0 Å². The van der Waals surface area contributed by atoms with Crippen molar-refractivity contribution in [3.63, 3.8) is 0 Å². The Labute approximate surface area is 129 Å². The Morgan fingerprint density at radius 2 is 2.18 bits per heavy atom. The normalized spacial score (nSPS) is 18.0. The van der Waals surface area contributed by atoms with Crippen LogP contribution in [0.1, 0.15) is 22.0 Å². The molecule has 2 aromatic rings. The highest BCUT2D eigenvalue weighted by Gasteiger charge is 2.29. The molecule has 0 radical (unpaired) electrons. The molecule has 114 valence electrons. The molecule has 1 amide bonds. The van der Waals surface area contributed by atoms with Crippen molar-refractivity contribution in [2.45, 2.75) is 6.04 Å². The quantitative estimate of drug-likeness (QED) is 0.940. The number of rotatable bonds is 3. The summed E-state index contributed by atoms with van der Waals surface area (Å²) in [4.78, 5) is 19.0. The maximum atomic E-state index is 13.0. The highest BCUT2D eigenvalue weighted by Crippen LogP contribution is 2.26. The number of hydrogen-bond acceptors (Lipinski definition) is 4. The number of nitrogens with one attached hydrogen (secondary N) is 1. The third-order valence-electron chi connectivity index (χ3n) is 3.91. The van der Waals surface area contributed by atoms with Crippen molar-refractivity contribution in [2.24, 2.45) is 0 Å². The Balaban J connectivity index is 1.92. The second kappa shape index (κ2) is 6.58. The molecule has 0 spiro atoms. The van der Waals surface area contributed by atoms with Gasteiger partial charge >= 0.3 is 0 Å². The molecule has 3 rings (SSSR count). The third kappa shape index (κ3) is 2.80. The number of amides is 1. The first-order valence-electron chi connectivity index (χ1n) is 7.36. The number of carbonyl (C=O) groups is 1. The molecule has 1 N–H and O–H groups in total. The molecule has 1 aliphatic rings. The topological polar surface area (TPSA) is 54.5 Å². The third-order valence-corrected chi connectivity index (χ3v) is 3.91. The van der Waals surface area contributed by atoms with Gasteiger partial charge in [-0.1, -0.05) is 18.2 Å². The Bertz CT molecular complexity index is 645. The fourth-order valence-corrected chi connectivity index (χ4v) is 2.79. The number of benzene rings is 1. The van der Waals surface area contributed by atoms with Crippen molar-refractivity contribution in [3.8, 4) is 5.75 Å². The van der Waals surface area contributed by atoms with Crippen LogP contribution >= 0.6 is 0 Å². The minimum atomic E-state index is -0.0140. The number of nitrogens with zero attached hydrogens (tertiary/aromatic N) is 2. The van der Waals surface area contributed by atoms with Crippen molar-refractivity contribution in [1.29, 1.82) is 0 Å². The van der Waals surface area contributed by atoms with E-state index in [1.165, 1.54) is 0 Å². The van der Waals surface area contributed by atoms with Crippen molar-refractivity contribution >= 4 is 5.91 Å². The number of ether oxygens (including phenoxy) is 1. The van der Waals surface area contributed by atoms with Gasteiger partial charge < -0.3 is 15.0 Å². The molecule has 5 heteroatoms. The van der Waals surface area contributed by atoms with Gasteiger partial charge in [0.1, 0.15) is 5.75 Å². The molecule has 5 nitrogen and oxygen atoms in total. The molecule has 1 atom stereocenters. The lowest BCUT2D eigenvalue weighted by Gasteiger charge is -2.36. The van der Waals surface area contributed by atoms with Gasteiger partial charge in [0.15, 0.2) is 0 Å². The standard InChI is InChI=1S/C17H19N3O2/c1-22-16-7-3-2-6-14(16)17(21)20-10-9-19-12-15(20)13-5-4-8-18-11-13/h2-8,11,15,19H,9-10,12H2,1H3. The Kier molecular flexibility index (Phi) is 4.34. The van der Waals surface area contributed by atoms with Gasteiger partial charge in [-0.3, -0.25) is 9.78 Å². The first-order valence-corrected chi connectivity index (χ1v) is 7.36. The van der Waals surface area contributed by atoms with Crippen molar-refractivity contribution in [3.05, 3.63) is 59.9 Å². The summed E-state index contributed by atoms with van der Waals surface area (Å²) in [6.45, 7) is 2.18. The minimum absolute atomic E-state index is 0.00666. The Morgan fingerprint density at radius 1 is 1.32 bits per heavy atom. The molecule has 1 aromatic carbocycles. The van der Waals surface area contributed by atoms with E-state index < -0.39 is 0 Å². The number of hydrogen-bond donors (Lipinski definition) is 1. The van der Waals surface area contributed by atoms with E-state index in [0.29, 0.717) is 17.9 Å². The highest BCUT2D eigenvalue weighted by atomic mass is 16.5. The van der Waals surface area contributed by atoms with Crippen LogP contribution in [-0.4, -0.2) is 42.5 Å². The summed E-state index contributed by atoms with van der Waals surface area (Å²) in [5, 5.41) is 3.35. The Hall–Kier alpha value is -2.40. The molecule has 1 saturated heterocycles. The summed E-state index contributed by atoms with van der Waals surface area (Å²) < 4.78 is 5.32. The van der Waals surface area contributed by atoms with E-state index in [1.54, 1.807) is 13.3 Å². The van der Waals surface area contributed by atoms with Gasteiger partial charge in [0.25, 0.3) is 5.91 Å². The van der Waals surface area contributed by atoms with Gasteiger partial charge in [0.05, 0.1) is 18.7 Å². The molecule has 0 aliphatic carbocycles. The van der Waals surface area contributed by atoms with Crippen LogP contribution in [0.3, 0.4) is 0 Å². The predicted molar refractivity (Wildman–Crippen MR) is 83.9 cm³/mol. The van der Waals surface area contributed by atoms with E-state index in [0.717, 1.165) is 18.7 Å². The van der Waals surface area contributed by atoms with Crippen LogP contribution in [0.25, 0.3) is 0 Å². The lowest BCUT2D eigenvalue weighted by Crippen LogP contribution is -2.48. The largest absolute Gasteiger partial charge is 0.496 e. The average molecular weight is 297 g/mol. The van der Waals surface area contributed by atoms with Crippen LogP contribution in [0.15, 0.2) is 48.8 Å². The monoisotopic (exact) mass is 297 g/mol. The van der Waals surface area contributed by atoms with Crippen LogP contribution in [0.5, 0.6) is 5.75 Å². The smallest absolute Gasteiger partial charge is 0.258 e. The van der Waals surface area contributed by atoms with Crippen molar-refractivity contribution in [1.82, 2.24) is 15.2 Å². The molecule has 1 unspecified atom stereocenters. The van der Waals surface area contributed by atoms with Gasteiger partial charge in [-0.25, -0.2) is 0 Å². The number of methoxy groups -OCH3 is 1. The lowest BCUT2D eigenvalue weighted by molar-refractivity contribution is 0.0630. The van der Waals surface area contributed by atoms with Gasteiger partial charge in [0, 0.05) is 32.0 Å². The molecule has 1 aromatic heterocycles. The molecule has 22 heavy (non-hydrogen) atoms. The van der Waals surface area contributed by atoms with Crippen molar-refractivity contribution in [2.75, 3.05) is 26.7 Å². The highest BCUT2D eigenvalue weighted by molar-refractivity contribution is 5.97. The predicted octanol–water partition coefficient (Wildman–Crippen LogP) is 1.88. The number of para-hydroxylation sites is 1. The zero-order chi connectivity index (χ0) is 15.4. The zero-order valence-electron chi connectivity index (χ0n) is 12.5. The number of pyridine rings is 1. The molecular formula is C17H19N3O2. The first-order chi connectivity index (χ1) is 10.8. The molecular weight excluding hydrogens is 278 g/mol. The summed E-state index contributed by atoms with van der Waals surface area (Å²) in [6.07, 6.45) is 3.56.